The van der Waals surface area contributed by atoms with Crippen LogP contribution < -0.4 is 11.1 Å². The molecule has 0 aromatic heterocycles. The minimum absolute atomic E-state index is 0.114. The number of carbonyl (C=O) groups excluding carboxylic acids is 4. The molecule has 1 aromatic rings. The summed E-state index contributed by atoms with van der Waals surface area (Å²) in [6, 6.07) is 5.83. The number of carboxylic acid groups (broad SMARTS) is 1. The van der Waals surface area contributed by atoms with Crippen molar-refractivity contribution in [3.63, 3.8) is 0 Å². The van der Waals surface area contributed by atoms with E-state index >= 15 is 0 Å². The van der Waals surface area contributed by atoms with Crippen LogP contribution in [0.3, 0.4) is 0 Å². The standard InChI is InChI=1S/C27H40N4O8/c1-26(2,3)38-24(36)30-16-18(31(21(32)15-28)25(37)39-27(4,5)6)14-20(30)22(33)29-19(23(34)35)13-12-17-10-8-7-9-11-17/h7-11,18-20H,12-16,28H2,1-6H3,(H,29,33)(H,34,35)/t18-,19-,20+/m1/s1. The topological polar surface area (TPSA) is 169 Å². The number of amides is 4. The van der Waals surface area contributed by atoms with Crippen molar-refractivity contribution in [3.8, 4) is 0 Å². The average molecular weight is 549 g/mol. The molecule has 0 unspecified atom stereocenters. The van der Waals surface area contributed by atoms with Gasteiger partial charge in [0, 0.05) is 6.54 Å². The third-order valence-electron chi connectivity index (χ3n) is 5.79. The fraction of sp³-hybridized carbons (Fsp3) is 0.593. The fourth-order valence-corrected chi connectivity index (χ4v) is 4.12. The number of rotatable bonds is 8. The number of aryl methyl sites for hydroxylation is 1. The summed E-state index contributed by atoms with van der Waals surface area (Å²) in [6.45, 7) is 9.15. The van der Waals surface area contributed by atoms with Crippen molar-refractivity contribution in [3.05, 3.63) is 35.9 Å². The van der Waals surface area contributed by atoms with Gasteiger partial charge >= 0.3 is 18.2 Å². The molecule has 1 fully saturated rings. The normalized spacial score (nSPS) is 18.2. The van der Waals surface area contributed by atoms with E-state index in [1.807, 2.05) is 30.3 Å². The summed E-state index contributed by atoms with van der Waals surface area (Å²) in [4.78, 5) is 65.9. The minimum atomic E-state index is -1.23. The fourth-order valence-electron chi connectivity index (χ4n) is 4.12. The van der Waals surface area contributed by atoms with Gasteiger partial charge in [-0.3, -0.25) is 14.5 Å². The Bertz CT molecular complexity index is 1050. The molecule has 1 heterocycles. The van der Waals surface area contributed by atoms with Gasteiger partial charge in [-0.1, -0.05) is 30.3 Å². The Labute approximate surface area is 228 Å². The monoisotopic (exact) mass is 548 g/mol. The molecule has 0 aliphatic carbocycles. The van der Waals surface area contributed by atoms with Crippen LogP contribution in [0.1, 0.15) is 59.9 Å². The molecular weight excluding hydrogens is 508 g/mol. The van der Waals surface area contributed by atoms with Crippen molar-refractivity contribution < 1.29 is 38.6 Å². The van der Waals surface area contributed by atoms with Gasteiger partial charge in [0.2, 0.25) is 11.8 Å². The molecule has 0 bridgehead atoms. The summed E-state index contributed by atoms with van der Waals surface area (Å²) >= 11 is 0. The molecular formula is C27H40N4O8. The number of nitrogens with one attached hydrogen (secondary N) is 1. The zero-order valence-electron chi connectivity index (χ0n) is 23.4. The van der Waals surface area contributed by atoms with E-state index in [0.29, 0.717) is 6.42 Å². The second kappa shape index (κ2) is 12.9. The second-order valence-corrected chi connectivity index (χ2v) is 11.4. The minimum Gasteiger partial charge on any atom is -0.480 e. The maximum absolute atomic E-state index is 13.4. The van der Waals surface area contributed by atoms with E-state index in [0.717, 1.165) is 15.4 Å². The highest BCUT2D eigenvalue weighted by molar-refractivity contribution is 5.94. The Kier molecular flexibility index (Phi) is 10.5. The molecule has 1 saturated heterocycles. The Balaban J connectivity index is 2.31. The molecule has 216 valence electrons. The van der Waals surface area contributed by atoms with E-state index in [1.165, 1.54) is 0 Å². The summed E-state index contributed by atoms with van der Waals surface area (Å²) in [6.07, 6.45) is -1.44. The smallest absolute Gasteiger partial charge is 0.417 e. The lowest BCUT2D eigenvalue weighted by Gasteiger charge is -2.30. The Hall–Kier alpha value is -3.67. The summed E-state index contributed by atoms with van der Waals surface area (Å²) in [5.41, 5.74) is 4.64. The molecule has 1 aromatic carbocycles. The Morgan fingerprint density at radius 2 is 1.64 bits per heavy atom. The number of benzene rings is 1. The van der Waals surface area contributed by atoms with Crippen molar-refractivity contribution in [2.24, 2.45) is 5.73 Å². The first-order valence-electron chi connectivity index (χ1n) is 12.8. The molecule has 4 amide bonds. The summed E-state index contributed by atoms with van der Waals surface area (Å²) < 4.78 is 10.8. The van der Waals surface area contributed by atoms with Gasteiger partial charge in [-0.25, -0.2) is 19.3 Å². The molecule has 2 rings (SSSR count). The van der Waals surface area contributed by atoms with Gasteiger partial charge in [-0.15, -0.1) is 0 Å². The third-order valence-corrected chi connectivity index (χ3v) is 5.79. The van der Waals surface area contributed by atoms with Gasteiger partial charge in [-0.05, 0) is 66.4 Å². The van der Waals surface area contributed by atoms with Crippen LogP contribution in [-0.4, -0.2) is 87.3 Å². The zero-order valence-corrected chi connectivity index (χ0v) is 23.4. The number of imide groups is 1. The van der Waals surface area contributed by atoms with Crippen LogP contribution in [0, 0.1) is 0 Å². The van der Waals surface area contributed by atoms with Crippen LogP contribution in [0.5, 0.6) is 0 Å². The Morgan fingerprint density at radius 1 is 1.05 bits per heavy atom. The molecule has 0 spiro atoms. The first kappa shape index (κ1) is 31.5. The van der Waals surface area contributed by atoms with E-state index in [1.54, 1.807) is 41.5 Å². The number of ether oxygens (including phenoxy) is 2. The quantitative estimate of drug-likeness (QED) is 0.441. The van der Waals surface area contributed by atoms with E-state index in [9.17, 15) is 29.1 Å². The summed E-state index contributed by atoms with van der Waals surface area (Å²) in [5.74, 6) is -2.72. The van der Waals surface area contributed by atoms with E-state index in [-0.39, 0.29) is 19.4 Å². The number of hydrogen-bond acceptors (Lipinski definition) is 8. The molecule has 1 aliphatic heterocycles. The predicted octanol–water partition coefficient (Wildman–Crippen LogP) is 2.29. The van der Waals surface area contributed by atoms with Crippen LogP contribution in [0.15, 0.2) is 30.3 Å². The first-order chi connectivity index (χ1) is 18.0. The van der Waals surface area contributed by atoms with Gasteiger partial charge in [0.05, 0.1) is 12.6 Å². The second-order valence-electron chi connectivity index (χ2n) is 11.4. The SMILES string of the molecule is CC(C)(C)OC(=O)N1C[C@H](N(C(=O)CN)C(=O)OC(C)(C)C)C[C@H]1C(=O)N[C@H](CCc1ccccc1)C(=O)O. The highest BCUT2D eigenvalue weighted by Gasteiger charge is 2.47. The molecule has 39 heavy (non-hydrogen) atoms. The number of likely N-dealkylation sites (tertiary alicyclic amines) is 1. The molecule has 1 aliphatic rings. The third kappa shape index (κ3) is 9.54. The largest absolute Gasteiger partial charge is 0.480 e. The van der Waals surface area contributed by atoms with E-state index in [4.69, 9.17) is 15.2 Å². The van der Waals surface area contributed by atoms with Crippen LogP contribution in [0.2, 0.25) is 0 Å². The summed E-state index contributed by atoms with van der Waals surface area (Å²) in [5, 5.41) is 12.3. The van der Waals surface area contributed by atoms with Gasteiger partial charge in [0.1, 0.15) is 23.3 Å². The lowest BCUT2D eigenvalue weighted by Crippen LogP contribution is -2.51. The molecule has 12 nitrogen and oxygen atoms in total. The first-order valence-corrected chi connectivity index (χ1v) is 12.8. The van der Waals surface area contributed by atoms with Crippen molar-refractivity contribution in [2.45, 2.75) is 90.1 Å². The van der Waals surface area contributed by atoms with Crippen molar-refractivity contribution in [1.29, 1.82) is 0 Å². The molecule has 0 radical (unpaired) electrons. The van der Waals surface area contributed by atoms with Gasteiger partial charge in [0.15, 0.2) is 0 Å². The van der Waals surface area contributed by atoms with Crippen molar-refractivity contribution in [2.75, 3.05) is 13.1 Å². The van der Waals surface area contributed by atoms with Crippen LogP contribution in [-0.2, 0) is 30.3 Å². The number of hydrogen-bond donors (Lipinski definition) is 3. The van der Waals surface area contributed by atoms with Gasteiger partial charge in [0.25, 0.3) is 0 Å². The number of carbonyl (C=O) groups is 5. The number of carboxylic acids is 1. The maximum atomic E-state index is 13.4. The lowest BCUT2D eigenvalue weighted by atomic mass is 10.0. The number of aliphatic carboxylic acids is 1. The number of nitrogens with zero attached hydrogens (tertiary/aromatic N) is 2. The van der Waals surface area contributed by atoms with Gasteiger partial charge < -0.3 is 25.6 Å². The van der Waals surface area contributed by atoms with Crippen LogP contribution in [0.25, 0.3) is 0 Å². The highest BCUT2D eigenvalue weighted by Crippen LogP contribution is 2.27. The van der Waals surface area contributed by atoms with Crippen molar-refractivity contribution >= 4 is 30.0 Å². The van der Waals surface area contributed by atoms with Gasteiger partial charge in [-0.2, -0.15) is 0 Å². The number of nitrogens with two attached hydrogens (primary N) is 1. The maximum Gasteiger partial charge on any atom is 0.417 e. The molecule has 3 atom stereocenters. The van der Waals surface area contributed by atoms with Crippen LogP contribution >= 0.6 is 0 Å². The molecule has 4 N–H and O–H groups in total. The highest BCUT2D eigenvalue weighted by atomic mass is 16.6. The summed E-state index contributed by atoms with van der Waals surface area (Å²) in [7, 11) is 0. The zero-order chi connectivity index (χ0) is 29.5. The van der Waals surface area contributed by atoms with E-state index < -0.39 is 65.8 Å². The molecule has 12 heteroatoms. The molecule has 0 saturated carbocycles. The van der Waals surface area contributed by atoms with Crippen LogP contribution in [0.4, 0.5) is 9.59 Å². The van der Waals surface area contributed by atoms with E-state index in [2.05, 4.69) is 5.32 Å². The Morgan fingerprint density at radius 3 is 2.15 bits per heavy atom. The predicted molar refractivity (Wildman–Crippen MR) is 142 cm³/mol. The lowest BCUT2D eigenvalue weighted by molar-refractivity contribution is -0.142. The van der Waals surface area contributed by atoms with Crippen molar-refractivity contribution in [1.82, 2.24) is 15.1 Å². The average Bonchev–Trinajstić information content (AvgIpc) is 3.25.